The Morgan fingerprint density at radius 3 is 2.71 bits per heavy atom. The average molecular weight is 292 g/mol. The largest absolute Gasteiger partial charge is 0.365 e. The minimum absolute atomic E-state index is 0.771. The number of hydrogen-bond donors (Lipinski definition) is 1. The Hall–Kier alpha value is -1.55. The van der Waals surface area contributed by atoms with Crippen LogP contribution in [0.5, 0.6) is 0 Å². The maximum atomic E-state index is 4.23. The molecule has 0 spiro atoms. The van der Waals surface area contributed by atoms with Gasteiger partial charge in [0.25, 0.3) is 0 Å². The molecule has 0 bridgehead atoms. The first-order valence-electron chi connectivity index (χ1n) is 5.40. The van der Waals surface area contributed by atoms with E-state index in [-0.39, 0.29) is 0 Å². The van der Waals surface area contributed by atoms with Crippen molar-refractivity contribution in [3.05, 3.63) is 52.6 Å². The van der Waals surface area contributed by atoms with E-state index < -0.39 is 0 Å². The van der Waals surface area contributed by atoms with Crippen LogP contribution in [-0.2, 0) is 7.05 Å². The molecule has 1 N–H and O–H groups in total. The zero-order chi connectivity index (χ0) is 12.1. The minimum atomic E-state index is 0.771. The first-order valence-corrected chi connectivity index (χ1v) is 6.19. The highest BCUT2D eigenvalue weighted by molar-refractivity contribution is 9.10. The summed E-state index contributed by atoms with van der Waals surface area (Å²) < 4.78 is 2.88. The van der Waals surface area contributed by atoms with Gasteiger partial charge in [-0.15, -0.1) is 0 Å². The maximum Gasteiger partial charge on any atom is 0.148 e. The van der Waals surface area contributed by atoms with Crippen molar-refractivity contribution in [2.75, 3.05) is 11.9 Å². The quantitative estimate of drug-likeness (QED) is 0.937. The number of nitrogens with zero attached hydrogens (tertiary/aromatic N) is 2. The molecule has 0 aliphatic heterocycles. The molecule has 3 nitrogen and oxygen atoms in total. The van der Waals surface area contributed by atoms with Crippen molar-refractivity contribution in [2.24, 2.45) is 7.05 Å². The summed E-state index contributed by atoms with van der Waals surface area (Å²) in [5.41, 5.74) is 1.19. The summed E-state index contributed by atoms with van der Waals surface area (Å²) >= 11 is 3.41. The molecule has 0 unspecified atom stereocenters. The topological polar surface area (TPSA) is 29.9 Å². The number of benzene rings is 1. The number of aryl methyl sites for hydroxylation is 1. The standard InChI is InChI=1S/C13H14BrN3/c1-17-10-8-13(16-17)15-9-2-3-11-4-6-12(14)7-5-11/h2-8,10H,9H2,1H3,(H,15,16)/b3-2+. The molecule has 2 rings (SSSR count). The molecular formula is C13H14BrN3. The fraction of sp³-hybridized carbons (Fsp3) is 0.154. The lowest BCUT2D eigenvalue weighted by Gasteiger charge is -1.97. The summed E-state index contributed by atoms with van der Waals surface area (Å²) in [4.78, 5) is 0. The molecule has 1 aromatic carbocycles. The zero-order valence-electron chi connectivity index (χ0n) is 9.60. The Kier molecular flexibility index (Phi) is 3.98. The molecule has 0 saturated carbocycles. The Labute approximate surface area is 109 Å². The van der Waals surface area contributed by atoms with E-state index >= 15 is 0 Å². The van der Waals surface area contributed by atoms with Crippen molar-refractivity contribution in [2.45, 2.75) is 0 Å². The first-order chi connectivity index (χ1) is 8.24. The molecule has 1 heterocycles. The SMILES string of the molecule is Cn1ccc(NC/C=C/c2ccc(Br)cc2)n1. The molecule has 88 valence electrons. The van der Waals surface area contributed by atoms with E-state index in [1.54, 1.807) is 4.68 Å². The van der Waals surface area contributed by atoms with E-state index in [1.807, 2.05) is 31.4 Å². The van der Waals surface area contributed by atoms with Gasteiger partial charge in [-0.1, -0.05) is 40.2 Å². The fourth-order valence-electron chi connectivity index (χ4n) is 1.44. The van der Waals surface area contributed by atoms with Crippen molar-refractivity contribution < 1.29 is 0 Å². The highest BCUT2D eigenvalue weighted by atomic mass is 79.9. The lowest BCUT2D eigenvalue weighted by Crippen LogP contribution is -1.99. The van der Waals surface area contributed by atoms with Gasteiger partial charge in [0, 0.05) is 30.3 Å². The second-order valence-corrected chi connectivity index (χ2v) is 4.63. The second-order valence-electron chi connectivity index (χ2n) is 3.71. The number of aromatic nitrogens is 2. The molecule has 0 aliphatic rings. The Balaban J connectivity index is 1.84. The van der Waals surface area contributed by atoms with Gasteiger partial charge in [0.15, 0.2) is 0 Å². The van der Waals surface area contributed by atoms with Gasteiger partial charge in [-0.25, -0.2) is 0 Å². The van der Waals surface area contributed by atoms with Crippen LogP contribution in [0, 0.1) is 0 Å². The summed E-state index contributed by atoms with van der Waals surface area (Å²) in [7, 11) is 1.91. The molecule has 17 heavy (non-hydrogen) atoms. The van der Waals surface area contributed by atoms with Crippen LogP contribution in [0.3, 0.4) is 0 Å². The highest BCUT2D eigenvalue weighted by Gasteiger charge is 1.92. The minimum Gasteiger partial charge on any atom is -0.365 e. The third kappa shape index (κ3) is 3.75. The predicted molar refractivity (Wildman–Crippen MR) is 74.9 cm³/mol. The monoisotopic (exact) mass is 291 g/mol. The lowest BCUT2D eigenvalue weighted by molar-refractivity contribution is 0.769. The third-order valence-electron chi connectivity index (χ3n) is 2.29. The van der Waals surface area contributed by atoms with Gasteiger partial charge in [0.1, 0.15) is 5.82 Å². The van der Waals surface area contributed by atoms with Gasteiger partial charge < -0.3 is 5.32 Å². The normalized spacial score (nSPS) is 10.9. The number of hydrogen-bond acceptors (Lipinski definition) is 2. The van der Waals surface area contributed by atoms with E-state index in [9.17, 15) is 0 Å². The van der Waals surface area contributed by atoms with Crippen LogP contribution in [0.25, 0.3) is 6.08 Å². The van der Waals surface area contributed by atoms with Crippen LogP contribution in [0.1, 0.15) is 5.56 Å². The molecule has 0 saturated heterocycles. The predicted octanol–water partition coefficient (Wildman–Crippen LogP) is 3.31. The summed E-state index contributed by atoms with van der Waals surface area (Å²) in [6, 6.07) is 10.2. The van der Waals surface area contributed by atoms with Crippen molar-refractivity contribution in [1.29, 1.82) is 0 Å². The van der Waals surface area contributed by atoms with Crippen molar-refractivity contribution >= 4 is 27.8 Å². The van der Waals surface area contributed by atoms with E-state index in [4.69, 9.17) is 0 Å². The lowest BCUT2D eigenvalue weighted by atomic mass is 10.2. The molecule has 1 aromatic heterocycles. The highest BCUT2D eigenvalue weighted by Crippen LogP contribution is 2.11. The van der Waals surface area contributed by atoms with Crippen molar-refractivity contribution in [1.82, 2.24) is 9.78 Å². The van der Waals surface area contributed by atoms with Crippen LogP contribution in [0.15, 0.2) is 47.1 Å². The molecule has 2 aromatic rings. The first kappa shape index (κ1) is 11.9. The molecule has 4 heteroatoms. The van der Waals surface area contributed by atoms with Gasteiger partial charge in [-0.3, -0.25) is 4.68 Å². The van der Waals surface area contributed by atoms with Crippen LogP contribution >= 0.6 is 15.9 Å². The van der Waals surface area contributed by atoms with Gasteiger partial charge in [0.05, 0.1) is 0 Å². The van der Waals surface area contributed by atoms with Crippen molar-refractivity contribution in [3.63, 3.8) is 0 Å². The molecule has 0 amide bonds. The number of anilines is 1. The van der Waals surface area contributed by atoms with Crippen LogP contribution in [0.4, 0.5) is 5.82 Å². The molecule has 0 fully saturated rings. The summed E-state index contributed by atoms with van der Waals surface area (Å²) in [5, 5.41) is 7.45. The summed E-state index contributed by atoms with van der Waals surface area (Å²) in [5.74, 6) is 0.896. The smallest absolute Gasteiger partial charge is 0.148 e. The summed E-state index contributed by atoms with van der Waals surface area (Å²) in [6.45, 7) is 0.771. The van der Waals surface area contributed by atoms with E-state index in [0.29, 0.717) is 0 Å². The van der Waals surface area contributed by atoms with E-state index in [2.05, 4.69) is 50.6 Å². The molecule has 0 atom stereocenters. The Bertz CT molecular complexity index is 500. The van der Waals surface area contributed by atoms with Crippen LogP contribution in [0.2, 0.25) is 0 Å². The number of rotatable bonds is 4. The van der Waals surface area contributed by atoms with E-state index in [0.717, 1.165) is 16.8 Å². The van der Waals surface area contributed by atoms with Crippen LogP contribution < -0.4 is 5.32 Å². The molecular weight excluding hydrogens is 278 g/mol. The maximum absolute atomic E-state index is 4.23. The molecule has 0 radical (unpaired) electrons. The summed E-state index contributed by atoms with van der Waals surface area (Å²) in [6.07, 6.45) is 6.08. The number of halogens is 1. The fourth-order valence-corrected chi connectivity index (χ4v) is 1.71. The van der Waals surface area contributed by atoms with Gasteiger partial charge in [-0.2, -0.15) is 5.10 Å². The second kappa shape index (κ2) is 5.68. The average Bonchev–Trinajstić information content (AvgIpc) is 2.73. The van der Waals surface area contributed by atoms with Crippen molar-refractivity contribution in [3.8, 4) is 0 Å². The Morgan fingerprint density at radius 2 is 2.06 bits per heavy atom. The Morgan fingerprint density at radius 1 is 1.29 bits per heavy atom. The zero-order valence-corrected chi connectivity index (χ0v) is 11.2. The van der Waals surface area contributed by atoms with Gasteiger partial charge in [-0.05, 0) is 17.7 Å². The number of nitrogens with one attached hydrogen (secondary N) is 1. The third-order valence-corrected chi connectivity index (χ3v) is 2.82. The van der Waals surface area contributed by atoms with Crippen LogP contribution in [-0.4, -0.2) is 16.3 Å². The van der Waals surface area contributed by atoms with Gasteiger partial charge >= 0.3 is 0 Å². The van der Waals surface area contributed by atoms with E-state index in [1.165, 1.54) is 5.56 Å². The van der Waals surface area contributed by atoms with Gasteiger partial charge in [0.2, 0.25) is 0 Å². The molecule has 0 aliphatic carbocycles.